The van der Waals surface area contributed by atoms with E-state index in [4.69, 9.17) is 10.00 Å². The Morgan fingerprint density at radius 2 is 2.08 bits per heavy atom. The molecule has 2 aliphatic heterocycles. The Morgan fingerprint density at radius 3 is 2.69 bits per heavy atom. The van der Waals surface area contributed by atoms with E-state index < -0.39 is 0 Å². The molecule has 0 saturated carbocycles. The molecule has 0 amide bonds. The SMILES string of the molecule is N#CC1=C(N2CCCC2)OCC1=O. The maximum absolute atomic E-state index is 11.1. The van der Waals surface area contributed by atoms with Crippen molar-refractivity contribution >= 4 is 5.78 Å². The van der Waals surface area contributed by atoms with Crippen LogP contribution in [-0.2, 0) is 9.53 Å². The third-order valence-corrected chi connectivity index (χ3v) is 2.34. The van der Waals surface area contributed by atoms with E-state index in [1.807, 2.05) is 11.0 Å². The van der Waals surface area contributed by atoms with Gasteiger partial charge in [-0.15, -0.1) is 0 Å². The Balaban J connectivity index is 2.25. The van der Waals surface area contributed by atoms with Crippen molar-refractivity contribution in [3.8, 4) is 6.07 Å². The van der Waals surface area contributed by atoms with E-state index in [1.54, 1.807) is 0 Å². The number of Topliss-reactive ketones (excluding diaryl/α,β-unsaturated/α-hetero) is 1. The number of ether oxygens (including phenoxy) is 1. The lowest BCUT2D eigenvalue weighted by molar-refractivity contribution is -0.116. The molecule has 1 fully saturated rings. The first-order chi connectivity index (χ1) is 6.33. The highest BCUT2D eigenvalue weighted by atomic mass is 16.5. The summed E-state index contributed by atoms with van der Waals surface area (Å²) in [5.74, 6) is 0.314. The van der Waals surface area contributed by atoms with Gasteiger partial charge in [0, 0.05) is 13.1 Å². The van der Waals surface area contributed by atoms with Crippen LogP contribution in [0.3, 0.4) is 0 Å². The minimum absolute atomic E-state index is 0.0364. The van der Waals surface area contributed by atoms with Gasteiger partial charge in [-0.25, -0.2) is 0 Å². The Labute approximate surface area is 76.4 Å². The molecule has 0 unspecified atom stereocenters. The van der Waals surface area contributed by atoms with Gasteiger partial charge < -0.3 is 9.64 Å². The topological polar surface area (TPSA) is 53.3 Å². The van der Waals surface area contributed by atoms with E-state index in [9.17, 15) is 4.79 Å². The molecule has 2 aliphatic rings. The molecule has 4 heteroatoms. The lowest BCUT2D eigenvalue weighted by atomic mass is 10.2. The molecule has 0 atom stereocenters. The van der Waals surface area contributed by atoms with Gasteiger partial charge in [0.1, 0.15) is 6.07 Å². The molecule has 68 valence electrons. The lowest BCUT2D eigenvalue weighted by Gasteiger charge is -2.17. The number of nitrogens with zero attached hydrogens (tertiary/aromatic N) is 2. The average molecular weight is 178 g/mol. The van der Waals surface area contributed by atoms with E-state index in [1.165, 1.54) is 0 Å². The summed E-state index contributed by atoms with van der Waals surface area (Å²) >= 11 is 0. The second kappa shape index (κ2) is 3.09. The van der Waals surface area contributed by atoms with Crippen LogP contribution >= 0.6 is 0 Å². The maximum atomic E-state index is 11.1. The quantitative estimate of drug-likeness (QED) is 0.583. The standard InChI is InChI=1S/C9H10N2O2/c10-5-7-8(12)6-13-9(7)11-3-1-2-4-11/h1-4,6H2. The summed E-state index contributed by atoms with van der Waals surface area (Å²) in [5, 5.41) is 8.73. The minimum Gasteiger partial charge on any atom is -0.470 e. The third kappa shape index (κ3) is 1.26. The maximum Gasteiger partial charge on any atom is 0.216 e. The molecule has 0 aromatic rings. The van der Waals surface area contributed by atoms with Crippen LogP contribution in [0.25, 0.3) is 0 Å². The third-order valence-electron chi connectivity index (χ3n) is 2.34. The summed E-state index contributed by atoms with van der Waals surface area (Å²) in [6, 6.07) is 1.90. The van der Waals surface area contributed by atoms with E-state index in [0.29, 0.717) is 5.88 Å². The van der Waals surface area contributed by atoms with Crippen LogP contribution in [0.1, 0.15) is 12.8 Å². The molecule has 0 N–H and O–H groups in total. The number of hydrogen-bond acceptors (Lipinski definition) is 4. The second-order valence-corrected chi connectivity index (χ2v) is 3.20. The Hall–Kier alpha value is -1.50. The van der Waals surface area contributed by atoms with Gasteiger partial charge in [0.05, 0.1) is 0 Å². The molecule has 0 radical (unpaired) electrons. The van der Waals surface area contributed by atoms with Crippen molar-refractivity contribution in [2.24, 2.45) is 0 Å². The average Bonchev–Trinajstić information content (AvgIpc) is 2.71. The van der Waals surface area contributed by atoms with Crippen LogP contribution in [0.4, 0.5) is 0 Å². The molecule has 1 saturated heterocycles. The molecule has 2 rings (SSSR count). The van der Waals surface area contributed by atoms with Gasteiger partial charge in [0.2, 0.25) is 11.7 Å². The summed E-state index contributed by atoms with van der Waals surface area (Å²) < 4.78 is 5.19. The van der Waals surface area contributed by atoms with Crippen molar-refractivity contribution in [2.75, 3.05) is 19.7 Å². The van der Waals surface area contributed by atoms with Gasteiger partial charge in [0.15, 0.2) is 12.2 Å². The Morgan fingerprint density at radius 1 is 1.38 bits per heavy atom. The van der Waals surface area contributed by atoms with E-state index in [0.717, 1.165) is 25.9 Å². The normalized spacial score (nSPS) is 22.1. The first kappa shape index (κ1) is 8.11. The van der Waals surface area contributed by atoms with Crippen molar-refractivity contribution in [2.45, 2.75) is 12.8 Å². The molecule has 0 bridgehead atoms. The van der Waals surface area contributed by atoms with Gasteiger partial charge in [-0.2, -0.15) is 5.26 Å². The molecule has 13 heavy (non-hydrogen) atoms. The van der Waals surface area contributed by atoms with Crippen molar-refractivity contribution in [3.63, 3.8) is 0 Å². The summed E-state index contributed by atoms with van der Waals surface area (Å²) in [7, 11) is 0. The molecular formula is C9H10N2O2. The fourth-order valence-electron chi connectivity index (χ4n) is 1.68. The number of carbonyl (C=O) groups excluding carboxylic acids is 1. The van der Waals surface area contributed by atoms with E-state index in [2.05, 4.69) is 0 Å². The highest BCUT2D eigenvalue weighted by Gasteiger charge is 2.30. The molecule has 0 aromatic carbocycles. The number of rotatable bonds is 1. The Kier molecular flexibility index (Phi) is 1.93. The van der Waals surface area contributed by atoms with Gasteiger partial charge in [-0.1, -0.05) is 0 Å². The first-order valence-corrected chi connectivity index (χ1v) is 4.38. The number of nitriles is 1. The number of carbonyl (C=O) groups is 1. The Bertz CT molecular complexity index is 308. The first-order valence-electron chi connectivity index (χ1n) is 4.38. The molecule has 0 aliphatic carbocycles. The van der Waals surface area contributed by atoms with Crippen LogP contribution in [0.5, 0.6) is 0 Å². The summed E-state index contributed by atoms with van der Waals surface area (Å²) in [6.07, 6.45) is 2.22. The molecule has 0 spiro atoms. The fraction of sp³-hybridized carbons (Fsp3) is 0.556. The van der Waals surface area contributed by atoms with Gasteiger partial charge in [0.25, 0.3) is 0 Å². The van der Waals surface area contributed by atoms with Crippen LogP contribution in [-0.4, -0.2) is 30.4 Å². The number of likely N-dealkylation sites (tertiary alicyclic amines) is 1. The zero-order chi connectivity index (χ0) is 9.26. The summed E-state index contributed by atoms with van der Waals surface area (Å²) in [4.78, 5) is 13.1. The van der Waals surface area contributed by atoms with Gasteiger partial charge >= 0.3 is 0 Å². The summed E-state index contributed by atoms with van der Waals surface area (Å²) in [5.41, 5.74) is 0.196. The molecular weight excluding hydrogens is 168 g/mol. The predicted octanol–water partition coefficient (Wildman–Crippen LogP) is 0.417. The summed E-state index contributed by atoms with van der Waals surface area (Å²) in [6.45, 7) is 1.83. The monoisotopic (exact) mass is 178 g/mol. The fourth-order valence-corrected chi connectivity index (χ4v) is 1.68. The minimum atomic E-state index is -0.190. The van der Waals surface area contributed by atoms with Gasteiger partial charge in [-0.05, 0) is 12.8 Å². The van der Waals surface area contributed by atoms with Crippen molar-refractivity contribution in [1.29, 1.82) is 5.26 Å². The number of hydrogen-bond donors (Lipinski definition) is 0. The van der Waals surface area contributed by atoms with E-state index in [-0.39, 0.29) is 18.0 Å². The van der Waals surface area contributed by atoms with Crippen LogP contribution in [0, 0.1) is 11.3 Å². The molecule has 0 aromatic heterocycles. The second-order valence-electron chi connectivity index (χ2n) is 3.20. The lowest BCUT2D eigenvalue weighted by Crippen LogP contribution is -2.19. The van der Waals surface area contributed by atoms with E-state index >= 15 is 0 Å². The van der Waals surface area contributed by atoms with Crippen molar-refractivity contribution < 1.29 is 9.53 Å². The van der Waals surface area contributed by atoms with Gasteiger partial charge in [-0.3, -0.25) is 4.79 Å². The zero-order valence-corrected chi connectivity index (χ0v) is 7.25. The van der Waals surface area contributed by atoms with Crippen molar-refractivity contribution in [1.82, 2.24) is 4.90 Å². The van der Waals surface area contributed by atoms with Crippen LogP contribution in [0.15, 0.2) is 11.5 Å². The highest BCUT2D eigenvalue weighted by Crippen LogP contribution is 2.23. The largest absolute Gasteiger partial charge is 0.470 e. The molecule has 4 nitrogen and oxygen atoms in total. The number of ketones is 1. The highest BCUT2D eigenvalue weighted by molar-refractivity contribution is 6.02. The zero-order valence-electron chi connectivity index (χ0n) is 7.25. The smallest absolute Gasteiger partial charge is 0.216 e. The van der Waals surface area contributed by atoms with Crippen LogP contribution in [0.2, 0.25) is 0 Å². The molecule has 2 heterocycles. The predicted molar refractivity (Wildman–Crippen MR) is 44.4 cm³/mol. The van der Waals surface area contributed by atoms with Crippen molar-refractivity contribution in [3.05, 3.63) is 11.5 Å². The van der Waals surface area contributed by atoms with Crippen LogP contribution < -0.4 is 0 Å².